The van der Waals surface area contributed by atoms with Gasteiger partial charge in [-0.15, -0.1) is 0 Å². The average Bonchev–Trinajstić information content (AvgIpc) is 2.60. The minimum atomic E-state index is 0.274. The van der Waals surface area contributed by atoms with Gasteiger partial charge in [0, 0.05) is 5.92 Å². The lowest BCUT2D eigenvalue weighted by molar-refractivity contribution is 0.287. The van der Waals surface area contributed by atoms with E-state index < -0.39 is 0 Å². The highest BCUT2D eigenvalue weighted by Gasteiger charge is 2.16. The van der Waals surface area contributed by atoms with E-state index in [1.165, 1.54) is 5.56 Å². The number of para-hydroxylation sites is 1. The molecule has 3 nitrogen and oxygen atoms in total. The molecule has 124 valence electrons. The summed E-state index contributed by atoms with van der Waals surface area (Å²) in [6, 6.07) is 16.5. The largest absolute Gasteiger partial charge is 0.493 e. The van der Waals surface area contributed by atoms with Crippen molar-refractivity contribution >= 4 is 0 Å². The van der Waals surface area contributed by atoms with Gasteiger partial charge in [-0.25, -0.2) is 0 Å². The number of nitrogens with two attached hydrogens (primary N) is 1. The zero-order valence-corrected chi connectivity index (χ0v) is 14.1. The molecule has 0 heterocycles. The molecule has 1 atom stereocenters. The molecule has 2 rings (SSSR count). The van der Waals surface area contributed by atoms with Crippen molar-refractivity contribution < 1.29 is 9.47 Å². The Morgan fingerprint density at radius 1 is 1.04 bits per heavy atom. The van der Waals surface area contributed by atoms with E-state index in [1.807, 2.05) is 18.2 Å². The van der Waals surface area contributed by atoms with Gasteiger partial charge in [0.2, 0.25) is 0 Å². The van der Waals surface area contributed by atoms with Gasteiger partial charge in [0.25, 0.3) is 0 Å². The molecule has 0 aliphatic carbocycles. The van der Waals surface area contributed by atoms with Crippen LogP contribution in [0.4, 0.5) is 0 Å². The Hall–Kier alpha value is -2.00. The Labute approximate surface area is 139 Å². The second kappa shape index (κ2) is 9.21. The van der Waals surface area contributed by atoms with Gasteiger partial charge in [-0.2, -0.15) is 0 Å². The van der Waals surface area contributed by atoms with E-state index in [0.29, 0.717) is 6.54 Å². The minimum absolute atomic E-state index is 0.274. The first-order chi connectivity index (χ1) is 11.3. The molecule has 2 aromatic carbocycles. The van der Waals surface area contributed by atoms with Crippen LogP contribution in [0.25, 0.3) is 0 Å². The van der Waals surface area contributed by atoms with Crippen LogP contribution < -0.4 is 15.2 Å². The summed E-state index contributed by atoms with van der Waals surface area (Å²) < 4.78 is 11.5. The van der Waals surface area contributed by atoms with Crippen molar-refractivity contribution in [2.24, 2.45) is 5.73 Å². The molecule has 0 spiro atoms. The van der Waals surface area contributed by atoms with Gasteiger partial charge >= 0.3 is 0 Å². The summed E-state index contributed by atoms with van der Waals surface area (Å²) in [6.07, 6.45) is 3.00. The second-order valence-electron chi connectivity index (χ2n) is 5.70. The van der Waals surface area contributed by atoms with E-state index >= 15 is 0 Å². The monoisotopic (exact) mass is 313 g/mol. The maximum Gasteiger partial charge on any atom is 0.163 e. The summed E-state index contributed by atoms with van der Waals surface area (Å²) in [6.45, 7) is 3.48. The number of methoxy groups -OCH3 is 1. The first-order valence-corrected chi connectivity index (χ1v) is 8.33. The SMILES string of the molecule is CCCCOc1cccc(CC(CN)c2ccccc2)c1OC. The third-order valence-corrected chi connectivity index (χ3v) is 4.04. The number of benzene rings is 2. The highest BCUT2D eigenvalue weighted by Crippen LogP contribution is 2.34. The van der Waals surface area contributed by atoms with Crippen LogP contribution in [-0.2, 0) is 6.42 Å². The Kier molecular flexibility index (Phi) is 6.95. The van der Waals surface area contributed by atoms with Crippen LogP contribution in [0.3, 0.4) is 0 Å². The molecular formula is C20H27NO2. The Morgan fingerprint density at radius 3 is 2.48 bits per heavy atom. The van der Waals surface area contributed by atoms with Gasteiger partial charge in [0.15, 0.2) is 11.5 Å². The van der Waals surface area contributed by atoms with Crippen LogP contribution in [-0.4, -0.2) is 20.3 Å². The zero-order valence-electron chi connectivity index (χ0n) is 14.1. The zero-order chi connectivity index (χ0) is 16.5. The first kappa shape index (κ1) is 17.4. The summed E-state index contributed by atoms with van der Waals surface area (Å²) in [5, 5.41) is 0. The molecule has 0 fully saturated rings. The van der Waals surface area contributed by atoms with Gasteiger partial charge in [0.1, 0.15) is 0 Å². The standard InChI is InChI=1S/C20H27NO2/c1-3-4-13-23-19-12-8-11-17(20(19)22-2)14-18(15-21)16-9-6-5-7-10-16/h5-12,18H,3-4,13-15,21H2,1-2H3. The van der Waals surface area contributed by atoms with E-state index in [-0.39, 0.29) is 5.92 Å². The quantitative estimate of drug-likeness (QED) is 0.707. The molecule has 0 bridgehead atoms. The molecule has 0 amide bonds. The van der Waals surface area contributed by atoms with Crippen LogP contribution in [0.1, 0.15) is 36.8 Å². The highest BCUT2D eigenvalue weighted by molar-refractivity contribution is 5.47. The Balaban J connectivity index is 2.19. The van der Waals surface area contributed by atoms with Crippen LogP contribution in [0.2, 0.25) is 0 Å². The molecule has 0 saturated carbocycles. The number of unbranched alkanes of at least 4 members (excludes halogenated alkanes) is 1. The van der Waals surface area contributed by atoms with Crippen molar-refractivity contribution in [3.8, 4) is 11.5 Å². The lowest BCUT2D eigenvalue weighted by Gasteiger charge is -2.19. The third-order valence-electron chi connectivity index (χ3n) is 4.04. The van der Waals surface area contributed by atoms with Crippen molar-refractivity contribution in [3.05, 3.63) is 59.7 Å². The smallest absolute Gasteiger partial charge is 0.163 e. The average molecular weight is 313 g/mol. The van der Waals surface area contributed by atoms with E-state index in [9.17, 15) is 0 Å². The number of ether oxygens (including phenoxy) is 2. The van der Waals surface area contributed by atoms with Gasteiger partial charge in [0.05, 0.1) is 13.7 Å². The predicted octanol–water partition coefficient (Wildman–Crippen LogP) is 4.16. The fraction of sp³-hybridized carbons (Fsp3) is 0.400. The van der Waals surface area contributed by atoms with Crippen molar-refractivity contribution in [1.29, 1.82) is 0 Å². The molecule has 2 N–H and O–H groups in total. The van der Waals surface area contributed by atoms with E-state index in [1.54, 1.807) is 7.11 Å². The summed E-state index contributed by atoms with van der Waals surface area (Å²) in [5.74, 6) is 1.93. The van der Waals surface area contributed by atoms with Crippen molar-refractivity contribution in [2.75, 3.05) is 20.3 Å². The molecule has 3 heteroatoms. The number of hydrogen-bond acceptors (Lipinski definition) is 3. The van der Waals surface area contributed by atoms with Crippen molar-refractivity contribution in [2.45, 2.75) is 32.1 Å². The molecule has 0 saturated heterocycles. The topological polar surface area (TPSA) is 44.5 Å². The maximum atomic E-state index is 6.01. The first-order valence-electron chi connectivity index (χ1n) is 8.33. The van der Waals surface area contributed by atoms with Crippen LogP contribution in [0.15, 0.2) is 48.5 Å². The summed E-state index contributed by atoms with van der Waals surface area (Å²) in [5.41, 5.74) is 8.41. The lowest BCUT2D eigenvalue weighted by Crippen LogP contribution is -2.15. The highest BCUT2D eigenvalue weighted by atomic mass is 16.5. The number of rotatable bonds is 9. The van der Waals surface area contributed by atoms with Gasteiger partial charge in [-0.3, -0.25) is 0 Å². The van der Waals surface area contributed by atoms with E-state index in [4.69, 9.17) is 15.2 Å². The Morgan fingerprint density at radius 2 is 1.83 bits per heavy atom. The molecule has 0 aromatic heterocycles. The second-order valence-corrected chi connectivity index (χ2v) is 5.70. The fourth-order valence-electron chi connectivity index (χ4n) is 2.72. The molecular weight excluding hydrogens is 286 g/mol. The van der Waals surface area contributed by atoms with Crippen molar-refractivity contribution in [1.82, 2.24) is 0 Å². The predicted molar refractivity (Wildman–Crippen MR) is 95.3 cm³/mol. The maximum absolute atomic E-state index is 6.01. The fourth-order valence-corrected chi connectivity index (χ4v) is 2.72. The Bertz CT molecular complexity index is 583. The molecule has 0 radical (unpaired) electrons. The minimum Gasteiger partial charge on any atom is -0.493 e. The van der Waals surface area contributed by atoms with Crippen LogP contribution in [0, 0.1) is 0 Å². The van der Waals surface area contributed by atoms with Crippen LogP contribution in [0.5, 0.6) is 11.5 Å². The summed E-state index contributed by atoms with van der Waals surface area (Å²) in [7, 11) is 1.70. The molecule has 23 heavy (non-hydrogen) atoms. The normalized spacial score (nSPS) is 12.0. The van der Waals surface area contributed by atoms with E-state index in [0.717, 1.165) is 42.9 Å². The lowest BCUT2D eigenvalue weighted by atomic mass is 9.91. The summed E-state index contributed by atoms with van der Waals surface area (Å²) in [4.78, 5) is 0. The molecule has 2 aromatic rings. The van der Waals surface area contributed by atoms with Gasteiger partial charge in [-0.1, -0.05) is 55.8 Å². The van der Waals surface area contributed by atoms with Crippen LogP contribution >= 0.6 is 0 Å². The van der Waals surface area contributed by atoms with Crippen molar-refractivity contribution in [3.63, 3.8) is 0 Å². The van der Waals surface area contributed by atoms with Gasteiger partial charge in [-0.05, 0) is 36.6 Å². The molecule has 1 unspecified atom stereocenters. The summed E-state index contributed by atoms with van der Waals surface area (Å²) >= 11 is 0. The van der Waals surface area contributed by atoms with Gasteiger partial charge < -0.3 is 15.2 Å². The molecule has 0 aliphatic rings. The molecule has 0 aliphatic heterocycles. The number of hydrogen-bond donors (Lipinski definition) is 1. The third kappa shape index (κ3) is 4.73. The van der Waals surface area contributed by atoms with E-state index in [2.05, 4.69) is 37.3 Å².